The van der Waals surface area contributed by atoms with Gasteiger partial charge in [-0.2, -0.15) is 0 Å². The Morgan fingerprint density at radius 1 is 1.31 bits per heavy atom. The van der Waals surface area contributed by atoms with Crippen LogP contribution >= 0.6 is 0 Å². The summed E-state index contributed by atoms with van der Waals surface area (Å²) in [5.41, 5.74) is 7.70. The van der Waals surface area contributed by atoms with Crippen LogP contribution in [0.5, 0.6) is 0 Å². The van der Waals surface area contributed by atoms with Crippen LogP contribution in [0.15, 0.2) is 52.1 Å². The highest BCUT2D eigenvalue weighted by molar-refractivity contribution is 5.94. The van der Waals surface area contributed by atoms with Crippen LogP contribution < -0.4 is 11.1 Å². The number of benzene rings is 1. The van der Waals surface area contributed by atoms with Gasteiger partial charge in [-0.15, -0.1) is 0 Å². The summed E-state index contributed by atoms with van der Waals surface area (Å²) < 4.78 is 5.22. The van der Waals surface area contributed by atoms with E-state index >= 15 is 0 Å². The van der Waals surface area contributed by atoms with Gasteiger partial charge >= 0.3 is 0 Å². The number of amides is 1. The van der Waals surface area contributed by atoms with E-state index in [0.29, 0.717) is 24.6 Å². The normalized spacial score (nSPS) is 15.9. The molecule has 26 heavy (non-hydrogen) atoms. The molecule has 0 bridgehead atoms. The molecule has 1 fully saturated rings. The minimum atomic E-state index is -0.134. The van der Waals surface area contributed by atoms with E-state index < -0.39 is 0 Å². The van der Waals surface area contributed by atoms with Crippen molar-refractivity contribution in [2.45, 2.75) is 32.9 Å². The summed E-state index contributed by atoms with van der Waals surface area (Å²) in [5.74, 6) is 1.94. The van der Waals surface area contributed by atoms with Crippen molar-refractivity contribution in [3.8, 4) is 0 Å². The lowest BCUT2D eigenvalue weighted by atomic mass is 10.00. The first-order valence-corrected chi connectivity index (χ1v) is 9.06. The second-order valence-corrected chi connectivity index (χ2v) is 6.81. The molecule has 0 unspecified atom stereocenters. The zero-order chi connectivity index (χ0) is 18.4. The van der Waals surface area contributed by atoms with Crippen molar-refractivity contribution < 1.29 is 9.21 Å². The lowest BCUT2D eigenvalue weighted by molar-refractivity contribution is 0.0948. The van der Waals surface area contributed by atoms with Gasteiger partial charge in [0.15, 0.2) is 5.96 Å². The number of rotatable bonds is 5. The molecule has 138 valence electrons. The Hall–Kier alpha value is -2.76. The van der Waals surface area contributed by atoms with Gasteiger partial charge in [-0.25, -0.2) is 4.99 Å². The number of likely N-dealkylation sites (tertiary alicyclic amines) is 1. The number of nitrogens with two attached hydrogens (primary N) is 1. The largest absolute Gasteiger partial charge is 0.467 e. The van der Waals surface area contributed by atoms with Crippen molar-refractivity contribution in [3.63, 3.8) is 0 Å². The van der Waals surface area contributed by atoms with E-state index in [1.165, 1.54) is 0 Å². The van der Waals surface area contributed by atoms with E-state index in [1.54, 1.807) is 18.4 Å². The maximum atomic E-state index is 12.3. The molecule has 1 saturated heterocycles. The molecule has 0 radical (unpaired) electrons. The fourth-order valence-corrected chi connectivity index (χ4v) is 3.00. The molecule has 0 atom stereocenters. The number of nitrogens with zero attached hydrogens (tertiary/aromatic N) is 2. The van der Waals surface area contributed by atoms with Crippen LogP contribution in [0, 0.1) is 5.92 Å². The van der Waals surface area contributed by atoms with Gasteiger partial charge in [-0.3, -0.25) is 4.79 Å². The van der Waals surface area contributed by atoms with E-state index in [0.717, 1.165) is 43.2 Å². The average molecular weight is 354 g/mol. The number of nitrogens with one attached hydrogen (secondary N) is 1. The quantitative estimate of drug-likeness (QED) is 0.639. The number of hydrogen-bond acceptors (Lipinski definition) is 3. The number of piperidine rings is 1. The van der Waals surface area contributed by atoms with Gasteiger partial charge in [0.2, 0.25) is 0 Å². The third-order valence-electron chi connectivity index (χ3n) is 4.72. The summed E-state index contributed by atoms with van der Waals surface area (Å²) in [4.78, 5) is 18.9. The van der Waals surface area contributed by atoms with Gasteiger partial charge in [-0.05, 0) is 48.6 Å². The standard InChI is InChI=1S/C20H26N4O2/c1-15-7-9-24(10-8-15)20(21)23-13-16-4-2-5-17(12-16)19(25)22-14-18-6-3-11-26-18/h2-6,11-12,15H,7-10,13-14H2,1H3,(H2,21,23)(H,22,25). The van der Waals surface area contributed by atoms with Crippen LogP contribution in [0.25, 0.3) is 0 Å². The highest BCUT2D eigenvalue weighted by atomic mass is 16.3. The molecular weight excluding hydrogens is 328 g/mol. The Balaban J connectivity index is 1.56. The zero-order valence-electron chi connectivity index (χ0n) is 15.1. The molecule has 1 aliphatic rings. The van der Waals surface area contributed by atoms with Crippen molar-refractivity contribution in [2.75, 3.05) is 13.1 Å². The Bertz CT molecular complexity index is 747. The number of hydrogen-bond donors (Lipinski definition) is 2. The van der Waals surface area contributed by atoms with Crippen molar-refractivity contribution in [2.24, 2.45) is 16.6 Å². The fourth-order valence-electron chi connectivity index (χ4n) is 3.00. The van der Waals surface area contributed by atoms with E-state index in [2.05, 4.69) is 22.1 Å². The first kappa shape index (κ1) is 18.0. The molecule has 6 heteroatoms. The van der Waals surface area contributed by atoms with Crippen LogP contribution in [-0.4, -0.2) is 29.9 Å². The summed E-state index contributed by atoms with van der Waals surface area (Å²) in [7, 11) is 0. The molecule has 2 heterocycles. The summed E-state index contributed by atoms with van der Waals surface area (Å²) >= 11 is 0. The van der Waals surface area contributed by atoms with Crippen molar-refractivity contribution in [1.29, 1.82) is 0 Å². The molecule has 3 rings (SSSR count). The first-order chi connectivity index (χ1) is 12.6. The molecule has 1 aliphatic heterocycles. The highest BCUT2D eigenvalue weighted by Crippen LogP contribution is 2.16. The van der Waals surface area contributed by atoms with Crippen molar-refractivity contribution >= 4 is 11.9 Å². The SMILES string of the molecule is CC1CCN(C(N)=NCc2cccc(C(=O)NCc3ccco3)c2)CC1. The molecule has 2 aromatic rings. The minimum Gasteiger partial charge on any atom is -0.467 e. The predicted molar refractivity (Wildman–Crippen MR) is 102 cm³/mol. The van der Waals surface area contributed by atoms with Crippen LogP contribution in [-0.2, 0) is 13.1 Å². The fraction of sp³-hybridized carbons (Fsp3) is 0.400. The second-order valence-electron chi connectivity index (χ2n) is 6.81. The van der Waals surface area contributed by atoms with Crippen LogP contribution in [0.2, 0.25) is 0 Å². The number of furan rings is 1. The molecule has 1 amide bonds. The molecule has 0 spiro atoms. The van der Waals surface area contributed by atoms with Crippen LogP contribution in [0.4, 0.5) is 0 Å². The topological polar surface area (TPSA) is 83.9 Å². The smallest absolute Gasteiger partial charge is 0.251 e. The van der Waals surface area contributed by atoms with E-state index in [-0.39, 0.29) is 5.91 Å². The molecule has 3 N–H and O–H groups in total. The molecule has 1 aromatic carbocycles. The van der Waals surface area contributed by atoms with Gasteiger partial charge < -0.3 is 20.4 Å². The Morgan fingerprint density at radius 3 is 2.85 bits per heavy atom. The Kier molecular flexibility index (Phi) is 5.94. The maximum absolute atomic E-state index is 12.3. The summed E-state index contributed by atoms with van der Waals surface area (Å²) in [6.07, 6.45) is 3.90. The summed E-state index contributed by atoms with van der Waals surface area (Å²) in [6.45, 7) is 5.04. The first-order valence-electron chi connectivity index (χ1n) is 9.06. The summed E-state index contributed by atoms with van der Waals surface area (Å²) in [6, 6.07) is 11.1. The zero-order valence-corrected chi connectivity index (χ0v) is 15.1. The van der Waals surface area contributed by atoms with Gasteiger partial charge in [0.25, 0.3) is 5.91 Å². The van der Waals surface area contributed by atoms with E-state index in [1.807, 2.05) is 24.3 Å². The van der Waals surface area contributed by atoms with Gasteiger partial charge in [0.05, 0.1) is 19.4 Å². The molecular formula is C20H26N4O2. The third-order valence-corrected chi connectivity index (χ3v) is 4.72. The molecule has 0 aliphatic carbocycles. The number of carbonyl (C=O) groups is 1. The maximum Gasteiger partial charge on any atom is 0.251 e. The lowest BCUT2D eigenvalue weighted by Crippen LogP contribution is -2.42. The monoisotopic (exact) mass is 354 g/mol. The summed E-state index contributed by atoms with van der Waals surface area (Å²) in [5, 5.41) is 2.85. The average Bonchev–Trinajstić information content (AvgIpc) is 3.18. The van der Waals surface area contributed by atoms with Crippen molar-refractivity contribution in [1.82, 2.24) is 10.2 Å². The Labute approximate surface area is 154 Å². The van der Waals surface area contributed by atoms with Crippen molar-refractivity contribution in [3.05, 3.63) is 59.5 Å². The van der Waals surface area contributed by atoms with Gasteiger partial charge in [-0.1, -0.05) is 19.1 Å². The van der Waals surface area contributed by atoms with Crippen LogP contribution in [0.3, 0.4) is 0 Å². The second kappa shape index (κ2) is 8.56. The van der Waals surface area contributed by atoms with Crippen LogP contribution in [0.1, 0.15) is 41.4 Å². The predicted octanol–water partition coefficient (Wildman–Crippen LogP) is 2.76. The Morgan fingerprint density at radius 2 is 2.12 bits per heavy atom. The van der Waals surface area contributed by atoms with Gasteiger partial charge in [0, 0.05) is 18.7 Å². The number of aliphatic imine (C=N–C) groups is 1. The number of guanidine groups is 1. The third kappa shape index (κ3) is 4.88. The van der Waals surface area contributed by atoms with E-state index in [9.17, 15) is 4.79 Å². The van der Waals surface area contributed by atoms with E-state index in [4.69, 9.17) is 10.2 Å². The lowest BCUT2D eigenvalue weighted by Gasteiger charge is -2.31. The number of carbonyl (C=O) groups excluding carboxylic acids is 1. The molecule has 6 nitrogen and oxygen atoms in total. The molecule has 1 aromatic heterocycles. The minimum absolute atomic E-state index is 0.134. The molecule has 0 saturated carbocycles. The highest BCUT2D eigenvalue weighted by Gasteiger charge is 2.16. The van der Waals surface area contributed by atoms with Gasteiger partial charge in [0.1, 0.15) is 5.76 Å².